The zero-order valence-electron chi connectivity index (χ0n) is 16.2. The van der Waals surface area contributed by atoms with Crippen LogP contribution in [0.5, 0.6) is 0 Å². The van der Waals surface area contributed by atoms with Gasteiger partial charge in [-0.25, -0.2) is 4.79 Å². The molecule has 1 aromatic carbocycles. The number of nitrogens with zero attached hydrogens (tertiary/aromatic N) is 2. The molecule has 2 rings (SSSR count). The Morgan fingerprint density at radius 2 is 1.84 bits per heavy atom. The molecular weight excluding hydrogens is 314 g/mol. The monoisotopic (exact) mass is 347 g/mol. The van der Waals surface area contributed by atoms with Crippen LogP contribution in [0.1, 0.15) is 46.1 Å². The Hall–Kier alpha value is -1.75. The molecule has 5 heteroatoms. The first-order chi connectivity index (χ1) is 11.7. The topological polar surface area (TPSA) is 55.8 Å². The maximum absolute atomic E-state index is 12.1. The summed E-state index contributed by atoms with van der Waals surface area (Å²) in [6.45, 7) is 10.6. The van der Waals surface area contributed by atoms with Crippen LogP contribution < -0.4 is 10.2 Å². The number of hydrogen-bond donors (Lipinski definition) is 2. The summed E-state index contributed by atoms with van der Waals surface area (Å²) in [7, 11) is 1.72. The zero-order chi connectivity index (χ0) is 18.6. The third kappa shape index (κ3) is 5.63. The molecule has 5 nitrogen and oxygen atoms in total. The van der Waals surface area contributed by atoms with E-state index in [0.29, 0.717) is 6.54 Å². The van der Waals surface area contributed by atoms with E-state index < -0.39 is 6.10 Å². The lowest BCUT2D eigenvalue weighted by Gasteiger charge is -2.35. The van der Waals surface area contributed by atoms with Crippen molar-refractivity contribution in [3.63, 3.8) is 0 Å². The Morgan fingerprint density at radius 3 is 2.32 bits per heavy atom. The predicted molar refractivity (Wildman–Crippen MR) is 103 cm³/mol. The quantitative estimate of drug-likeness (QED) is 0.880. The Balaban J connectivity index is 1.84. The standard InChI is InChI=1S/C20H33N3O2/c1-15(24)14-22(5)19(25)21-17-10-12-23(13-11-17)18-8-6-16(7-9-18)20(2,3)4/h6-9,15,17,24H,10-14H2,1-5H3,(H,21,25)/t15-/m1/s1. The molecule has 2 N–H and O–H groups in total. The maximum atomic E-state index is 12.1. The van der Waals surface area contributed by atoms with E-state index in [1.165, 1.54) is 11.3 Å². The van der Waals surface area contributed by atoms with E-state index in [-0.39, 0.29) is 17.5 Å². The molecule has 1 heterocycles. The number of urea groups is 1. The zero-order valence-corrected chi connectivity index (χ0v) is 16.2. The molecule has 0 aromatic heterocycles. The number of amides is 2. The fraction of sp³-hybridized carbons (Fsp3) is 0.650. The molecule has 0 saturated carbocycles. The number of carbonyl (C=O) groups excluding carboxylic acids is 1. The van der Waals surface area contributed by atoms with E-state index in [0.717, 1.165) is 25.9 Å². The summed E-state index contributed by atoms with van der Waals surface area (Å²) < 4.78 is 0. The normalized spacial score (nSPS) is 17.3. The molecule has 0 spiro atoms. The van der Waals surface area contributed by atoms with Gasteiger partial charge in [0, 0.05) is 38.4 Å². The fourth-order valence-electron chi connectivity index (χ4n) is 3.22. The number of piperidine rings is 1. The van der Waals surface area contributed by atoms with Crippen LogP contribution >= 0.6 is 0 Å². The van der Waals surface area contributed by atoms with Gasteiger partial charge in [-0.3, -0.25) is 0 Å². The Bertz CT molecular complexity index is 555. The van der Waals surface area contributed by atoms with Gasteiger partial charge in [0.15, 0.2) is 0 Å². The second-order valence-corrected chi connectivity index (χ2v) is 8.24. The first-order valence-electron chi connectivity index (χ1n) is 9.22. The minimum absolute atomic E-state index is 0.103. The number of aliphatic hydroxyl groups excluding tert-OH is 1. The van der Waals surface area contributed by atoms with Crippen LogP contribution in [0.25, 0.3) is 0 Å². The average Bonchev–Trinajstić information content (AvgIpc) is 2.54. The summed E-state index contributed by atoms with van der Waals surface area (Å²) in [6.07, 6.45) is 1.37. The van der Waals surface area contributed by atoms with E-state index in [1.54, 1.807) is 18.9 Å². The van der Waals surface area contributed by atoms with E-state index >= 15 is 0 Å². The highest BCUT2D eigenvalue weighted by atomic mass is 16.3. The van der Waals surface area contributed by atoms with Crippen molar-refractivity contribution in [2.75, 3.05) is 31.6 Å². The molecule has 1 saturated heterocycles. The molecule has 0 aliphatic carbocycles. The van der Waals surface area contributed by atoms with Gasteiger partial charge in [-0.2, -0.15) is 0 Å². The van der Waals surface area contributed by atoms with Crippen LogP contribution in [0.2, 0.25) is 0 Å². The fourth-order valence-corrected chi connectivity index (χ4v) is 3.22. The van der Waals surface area contributed by atoms with Gasteiger partial charge in [-0.1, -0.05) is 32.9 Å². The Morgan fingerprint density at radius 1 is 1.28 bits per heavy atom. The second kappa shape index (κ2) is 8.09. The molecule has 25 heavy (non-hydrogen) atoms. The van der Waals surface area contributed by atoms with Gasteiger partial charge in [0.1, 0.15) is 0 Å². The van der Waals surface area contributed by atoms with Crippen molar-refractivity contribution in [3.05, 3.63) is 29.8 Å². The van der Waals surface area contributed by atoms with Crippen molar-refractivity contribution in [2.24, 2.45) is 0 Å². The molecule has 1 aliphatic rings. The molecular formula is C20H33N3O2. The minimum atomic E-state index is -0.506. The van der Waals surface area contributed by atoms with Crippen LogP contribution in [0, 0.1) is 0 Å². The van der Waals surface area contributed by atoms with Gasteiger partial charge in [-0.15, -0.1) is 0 Å². The summed E-state index contributed by atoms with van der Waals surface area (Å²) in [4.78, 5) is 16.0. The lowest BCUT2D eigenvalue weighted by Crippen LogP contribution is -2.49. The summed E-state index contributed by atoms with van der Waals surface area (Å²) in [5.41, 5.74) is 2.78. The molecule has 1 aromatic rings. The first kappa shape index (κ1) is 19.6. The highest BCUT2D eigenvalue weighted by molar-refractivity contribution is 5.74. The number of hydrogen-bond acceptors (Lipinski definition) is 3. The van der Waals surface area contributed by atoms with Crippen molar-refractivity contribution in [3.8, 4) is 0 Å². The minimum Gasteiger partial charge on any atom is -0.392 e. The average molecular weight is 348 g/mol. The van der Waals surface area contributed by atoms with E-state index in [2.05, 4.69) is 55.3 Å². The predicted octanol–water partition coefficient (Wildman–Crippen LogP) is 2.98. The van der Waals surface area contributed by atoms with Gasteiger partial charge in [0.05, 0.1) is 6.10 Å². The van der Waals surface area contributed by atoms with Crippen LogP contribution in [-0.4, -0.2) is 54.9 Å². The molecule has 1 aliphatic heterocycles. The van der Waals surface area contributed by atoms with E-state index in [1.807, 2.05) is 0 Å². The summed E-state index contributed by atoms with van der Waals surface area (Å²) >= 11 is 0. The van der Waals surface area contributed by atoms with Gasteiger partial charge < -0.3 is 20.2 Å². The highest BCUT2D eigenvalue weighted by Crippen LogP contribution is 2.26. The Kier molecular flexibility index (Phi) is 6.33. The van der Waals surface area contributed by atoms with Gasteiger partial charge in [0.2, 0.25) is 0 Å². The number of likely N-dealkylation sites (N-methyl/N-ethyl adjacent to an activating group) is 1. The van der Waals surface area contributed by atoms with Crippen LogP contribution in [0.15, 0.2) is 24.3 Å². The number of rotatable bonds is 4. The third-order valence-electron chi connectivity index (χ3n) is 4.81. The smallest absolute Gasteiger partial charge is 0.317 e. The summed E-state index contributed by atoms with van der Waals surface area (Å²) in [5, 5.41) is 12.5. The number of nitrogens with one attached hydrogen (secondary N) is 1. The Labute approximate surface area is 152 Å². The first-order valence-corrected chi connectivity index (χ1v) is 9.22. The lowest BCUT2D eigenvalue weighted by molar-refractivity contribution is 0.141. The van der Waals surface area contributed by atoms with Crippen LogP contribution in [0.3, 0.4) is 0 Å². The van der Waals surface area contributed by atoms with E-state index in [4.69, 9.17) is 0 Å². The molecule has 0 unspecified atom stereocenters. The van der Waals surface area contributed by atoms with Crippen LogP contribution in [-0.2, 0) is 5.41 Å². The summed E-state index contributed by atoms with van der Waals surface area (Å²) in [6, 6.07) is 8.94. The molecule has 1 atom stereocenters. The molecule has 0 bridgehead atoms. The maximum Gasteiger partial charge on any atom is 0.317 e. The van der Waals surface area contributed by atoms with Crippen molar-refractivity contribution in [2.45, 2.75) is 58.1 Å². The van der Waals surface area contributed by atoms with Gasteiger partial charge in [-0.05, 0) is 42.9 Å². The third-order valence-corrected chi connectivity index (χ3v) is 4.81. The largest absolute Gasteiger partial charge is 0.392 e. The van der Waals surface area contributed by atoms with Gasteiger partial charge >= 0.3 is 6.03 Å². The van der Waals surface area contributed by atoms with Crippen molar-refractivity contribution in [1.29, 1.82) is 0 Å². The molecule has 0 radical (unpaired) electrons. The lowest BCUT2D eigenvalue weighted by atomic mass is 9.87. The number of benzene rings is 1. The SMILES string of the molecule is C[C@@H](O)CN(C)C(=O)NC1CCN(c2ccc(C(C)(C)C)cc2)CC1. The second-order valence-electron chi connectivity index (χ2n) is 8.24. The van der Waals surface area contributed by atoms with Crippen LogP contribution in [0.4, 0.5) is 10.5 Å². The number of anilines is 1. The summed E-state index contributed by atoms with van der Waals surface area (Å²) in [5.74, 6) is 0. The van der Waals surface area contributed by atoms with Crippen molar-refractivity contribution < 1.29 is 9.90 Å². The van der Waals surface area contributed by atoms with Gasteiger partial charge in [0.25, 0.3) is 0 Å². The number of aliphatic hydroxyl groups is 1. The van der Waals surface area contributed by atoms with E-state index in [9.17, 15) is 9.90 Å². The number of carbonyl (C=O) groups is 1. The molecule has 2 amide bonds. The highest BCUT2D eigenvalue weighted by Gasteiger charge is 2.23. The van der Waals surface area contributed by atoms with Crippen molar-refractivity contribution in [1.82, 2.24) is 10.2 Å². The van der Waals surface area contributed by atoms with Crippen molar-refractivity contribution >= 4 is 11.7 Å². The molecule has 1 fully saturated rings. The molecule has 140 valence electrons.